The fourth-order valence-electron chi connectivity index (χ4n) is 1.81. The zero-order valence-corrected chi connectivity index (χ0v) is 10.3. The minimum absolute atomic E-state index is 0.346. The van der Waals surface area contributed by atoms with Crippen molar-refractivity contribution < 1.29 is 19.8 Å². The average Bonchev–Trinajstić information content (AvgIpc) is 2.81. The maximum atomic E-state index is 11.9. The first-order valence-corrected chi connectivity index (χ1v) is 5.78. The molecule has 1 amide bonds. The van der Waals surface area contributed by atoms with Gasteiger partial charge in [-0.05, 0) is 31.2 Å². The van der Waals surface area contributed by atoms with Gasteiger partial charge in [0.05, 0.1) is 6.10 Å². The third-order valence-corrected chi connectivity index (χ3v) is 2.85. The van der Waals surface area contributed by atoms with Crippen LogP contribution in [0.2, 0.25) is 0 Å². The Morgan fingerprint density at radius 2 is 2.05 bits per heavy atom. The van der Waals surface area contributed by atoms with Crippen LogP contribution in [0.15, 0.2) is 30.5 Å². The second-order valence-electron chi connectivity index (χ2n) is 4.31. The Labute approximate surface area is 109 Å². The fraction of sp³-hybridized carbons (Fsp3) is 0.231. The second-order valence-corrected chi connectivity index (χ2v) is 4.31. The third kappa shape index (κ3) is 2.74. The highest BCUT2D eigenvalue weighted by Crippen LogP contribution is 2.14. The molecule has 0 saturated heterocycles. The number of H-pyrrole nitrogens is 1. The minimum atomic E-state index is -1.32. The molecule has 0 bridgehead atoms. The second kappa shape index (κ2) is 5.11. The van der Waals surface area contributed by atoms with E-state index in [0.717, 1.165) is 10.9 Å². The lowest BCUT2D eigenvalue weighted by molar-refractivity contribution is -0.141. The van der Waals surface area contributed by atoms with Gasteiger partial charge in [0.1, 0.15) is 0 Å². The van der Waals surface area contributed by atoms with Gasteiger partial charge in [-0.1, -0.05) is 0 Å². The summed E-state index contributed by atoms with van der Waals surface area (Å²) in [5.41, 5.74) is 1.24. The number of nitrogens with one attached hydrogen (secondary N) is 2. The maximum absolute atomic E-state index is 11.9. The van der Waals surface area contributed by atoms with Gasteiger partial charge in [0.2, 0.25) is 0 Å². The van der Waals surface area contributed by atoms with E-state index in [0.29, 0.717) is 5.56 Å². The summed E-state index contributed by atoms with van der Waals surface area (Å²) in [6.07, 6.45) is 0.583. The molecule has 0 spiro atoms. The summed E-state index contributed by atoms with van der Waals surface area (Å²) in [7, 11) is 0. The van der Waals surface area contributed by atoms with Crippen molar-refractivity contribution in [1.29, 1.82) is 0 Å². The molecule has 2 aromatic rings. The van der Waals surface area contributed by atoms with E-state index in [1.165, 1.54) is 6.92 Å². The molecule has 2 rings (SSSR count). The molecule has 1 heterocycles. The molecule has 0 aliphatic heterocycles. The fourth-order valence-corrected chi connectivity index (χ4v) is 1.81. The van der Waals surface area contributed by atoms with Crippen LogP contribution in [-0.2, 0) is 4.79 Å². The van der Waals surface area contributed by atoms with E-state index in [1.807, 2.05) is 6.07 Å². The number of amides is 1. The molecule has 0 fully saturated rings. The molecule has 100 valence electrons. The summed E-state index contributed by atoms with van der Waals surface area (Å²) >= 11 is 0. The molecule has 0 aliphatic rings. The molecular formula is C13H14N2O4. The summed E-state index contributed by atoms with van der Waals surface area (Å²) in [4.78, 5) is 25.8. The average molecular weight is 262 g/mol. The summed E-state index contributed by atoms with van der Waals surface area (Å²) in [6.45, 7) is 1.31. The summed E-state index contributed by atoms with van der Waals surface area (Å²) in [6, 6.07) is 5.48. The number of aromatic amines is 1. The number of carboxylic acids is 1. The minimum Gasteiger partial charge on any atom is -0.480 e. The molecule has 1 aromatic heterocycles. The molecule has 2 atom stereocenters. The number of hydrogen-bond acceptors (Lipinski definition) is 3. The maximum Gasteiger partial charge on any atom is 0.328 e. The Bertz CT molecular complexity index is 618. The number of carbonyl (C=O) groups excluding carboxylic acids is 1. The smallest absolute Gasteiger partial charge is 0.328 e. The quantitative estimate of drug-likeness (QED) is 0.652. The first-order chi connectivity index (χ1) is 8.99. The van der Waals surface area contributed by atoms with Crippen molar-refractivity contribution in [2.24, 2.45) is 0 Å². The van der Waals surface area contributed by atoms with Crippen molar-refractivity contribution in [3.8, 4) is 0 Å². The predicted molar refractivity (Wildman–Crippen MR) is 68.9 cm³/mol. The van der Waals surface area contributed by atoms with Crippen LogP contribution in [0.3, 0.4) is 0 Å². The number of aromatic nitrogens is 1. The molecule has 19 heavy (non-hydrogen) atoms. The lowest BCUT2D eigenvalue weighted by atomic mass is 10.1. The Kier molecular flexibility index (Phi) is 3.52. The molecule has 6 nitrogen and oxygen atoms in total. The Hall–Kier alpha value is -2.34. The number of carbonyl (C=O) groups is 2. The number of aliphatic hydroxyl groups excluding tert-OH is 1. The van der Waals surface area contributed by atoms with E-state index in [4.69, 9.17) is 5.11 Å². The van der Waals surface area contributed by atoms with Crippen molar-refractivity contribution >= 4 is 22.8 Å². The third-order valence-electron chi connectivity index (χ3n) is 2.85. The van der Waals surface area contributed by atoms with Gasteiger partial charge < -0.3 is 20.5 Å². The van der Waals surface area contributed by atoms with Crippen LogP contribution in [0, 0.1) is 0 Å². The van der Waals surface area contributed by atoms with E-state index in [9.17, 15) is 14.7 Å². The number of carboxylic acid groups (broad SMARTS) is 1. The van der Waals surface area contributed by atoms with Gasteiger partial charge >= 0.3 is 5.97 Å². The number of fused-ring (bicyclic) bond motifs is 1. The van der Waals surface area contributed by atoms with E-state index in [-0.39, 0.29) is 0 Å². The summed E-state index contributed by atoms with van der Waals surface area (Å²) in [5.74, 6) is -1.80. The van der Waals surface area contributed by atoms with Crippen LogP contribution in [-0.4, -0.2) is 39.2 Å². The van der Waals surface area contributed by atoms with Crippen molar-refractivity contribution in [2.75, 3.05) is 0 Å². The van der Waals surface area contributed by atoms with E-state index < -0.39 is 24.0 Å². The first kappa shape index (κ1) is 13.1. The molecule has 2 unspecified atom stereocenters. The Morgan fingerprint density at radius 1 is 1.32 bits per heavy atom. The number of rotatable bonds is 4. The van der Waals surface area contributed by atoms with Crippen LogP contribution in [0.5, 0.6) is 0 Å². The molecule has 4 N–H and O–H groups in total. The van der Waals surface area contributed by atoms with E-state index >= 15 is 0 Å². The topological polar surface area (TPSA) is 102 Å². The number of aliphatic carboxylic acids is 1. The lowest BCUT2D eigenvalue weighted by Crippen LogP contribution is -2.47. The standard InChI is InChI=1S/C13H14N2O4/c1-7(16)11(13(18)19)15-12(17)9-2-3-10-8(6-9)4-5-14-10/h2-7,11,14,16H,1H3,(H,15,17)(H,18,19). The molecular weight excluding hydrogens is 248 g/mol. The van der Waals surface area contributed by atoms with Gasteiger partial charge in [0.25, 0.3) is 5.91 Å². The zero-order chi connectivity index (χ0) is 14.0. The van der Waals surface area contributed by atoms with Gasteiger partial charge in [-0.15, -0.1) is 0 Å². The van der Waals surface area contributed by atoms with Crippen molar-refractivity contribution in [3.63, 3.8) is 0 Å². The van der Waals surface area contributed by atoms with E-state index in [1.54, 1.807) is 24.4 Å². The molecule has 6 heteroatoms. The van der Waals surface area contributed by atoms with Gasteiger partial charge in [-0.2, -0.15) is 0 Å². The summed E-state index contributed by atoms with van der Waals surface area (Å²) in [5, 5.41) is 21.4. The van der Waals surface area contributed by atoms with Crippen LogP contribution < -0.4 is 5.32 Å². The van der Waals surface area contributed by atoms with Crippen molar-refractivity contribution in [2.45, 2.75) is 19.1 Å². The number of aliphatic hydroxyl groups is 1. The lowest BCUT2D eigenvalue weighted by Gasteiger charge is -2.16. The van der Waals surface area contributed by atoms with Gasteiger partial charge in [0.15, 0.2) is 6.04 Å². The first-order valence-electron chi connectivity index (χ1n) is 5.78. The molecule has 1 aromatic carbocycles. The molecule has 0 saturated carbocycles. The zero-order valence-electron chi connectivity index (χ0n) is 10.3. The van der Waals surface area contributed by atoms with Crippen LogP contribution in [0.1, 0.15) is 17.3 Å². The van der Waals surface area contributed by atoms with Crippen molar-refractivity contribution in [3.05, 3.63) is 36.0 Å². The van der Waals surface area contributed by atoms with Gasteiger partial charge in [-0.25, -0.2) is 4.79 Å². The predicted octanol–water partition coefficient (Wildman–Crippen LogP) is 0.732. The SMILES string of the molecule is CC(O)C(NC(=O)c1ccc2[nH]ccc2c1)C(=O)O. The Morgan fingerprint density at radius 3 is 2.68 bits per heavy atom. The number of hydrogen-bond donors (Lipinski definition) is 4. The summed E-state index contributed by atoms with van der Waals surface area (Å²) < 4.78 is 0. The van der Waals surface area contributed by atoms with Gasteiger partial charge in [-0.3, -0.25) is 4.79 Å². The highest BCUT2D eigenvalue weighted by Gasteiger charge is 2.25. The normalized spacial score (nSPS) is 14.0. The highest BCUT2D eigenvalue weighted by atomic mass is 16.4. The van der Waals surface area contributed by atoms with E-state index in [2.05, 4.69) is 10.3 Å². The largest absolute Gasteiger partial charge is 0.480 e. The molecule has 0 aliphatic carbocycles. The van der Waals surface area contributed by atoms with Crippen LogP contribution in [0.25, 0.3) is 10.9 Å². The van der Waals surface area contributed by atoms with Crippen molar-refractivity contribution in [1.82, 2.24) is 10.3 Å². The van der Waals surface area contributed by atoms with Gasteiger partial charge in [0, 0.05) is 22.7 Å². The van der Waals surface area contributed by atoms with Crippen LogP contribution >= 0.6 is 0 Å². The number of benzene rings is 1. The monoisotopic (exact) mass is 262 g/mol. The Balaban J connectivity index is 2.21. The molecule has 0 radical (unpaired) electrons. The van der Waals surface area contributed by atoms with Crippen LogP contribution in [0.4, 0.5) is 0 Å². The highest BCUT2D eigenvalue weighted by molar-refractivity contribution is 5.99.